The van der Waals surface area contributed by atoms with Crippen molar-refractivity contribution in [1.29, 1.82) is 0 Å². The minimum Gasteiger partial charge on any atom is -0.360 e. The van der Waals surface area contributed by atoms with Crippen molar-refractivity contribution in [2.45, 2.75) is 11.1 Å². The topological polar surface area (TPSA) is 119 Å². The molecule has 26 heavy (non-hydrogen) atoms. The number of rotatable bonds is 3. The summed E-state index contributed by atoms with van der Waals surface area (Å²) < 4.78 is 53.6. The summed E-state index contributed by atoms with van der Waals surface area (Å²) in [5.74, 6) is -0.440. The highest BCUT2D eigenvalue weighted by atomic mass is 32.2. The normalized spacial score (nSPS) is 23.3. The van der Waals surface area contributed by atoms with Crippen molar-refractivity contribution in [1.82, 2.24) is 18.2 Å². The fourth-order valence-corrected chi connectivity index (χ4v) is 5.25. The van der Waals surface area contributed by atoms with E-state index in [2.05, 4.69) is 10.0 Å². The van der Waals surface area contributed by atoms with Crippen molar-refractivity contribution in [2.75, 3.05) is 45.6 Å². The average Bonchev–Trinajstić information content (AvgIpc) is 2.60. The fraction of sp³-hybridized carbons (Fsp3) is 0.500. The molecule has 2 N–H and O–H groups in total. The summed E-state index contributed by atoms with van der Waals surface area (Å²) in [5, 5.41) is 2.89. The van der Waals surface area contributed by atoms with Crippen LogP contribution in [0.1, 0.15) is 0 Å². The number of para-hydroxylation sites is 1. The Morgan fingerprint density at radius 3 is 2.38 bits per heavy atom. The number of piperazine rings is 1. The summed E-state index contributed by atoms with van der Waals surface area (Å²) in [6.45, 7) is 0.686. The molecule has 0 aliphatic carbocycles. The SMILES string of the molecule is CN(C)S(=O)(=O)N1CCN(C(=O)C2Nc3ccccc3S(=O)(=O)N2)CC1. The largest absolute Gasteiger partial charge is 0.360 e. The van der Waals surface area contributed by atoms with Crippen molar-refractivity contribution >= 4 is 31.8 Å². The maximum absolute atomic E-state index is 12.7. The number of anilines is 1. The van der Waals surface area contributed by atoms with Gasteiger partial charge in [0.2, 0.25) is 10.0 Å². The van der Waals surface area contributed by atoms with E-state index >= 15 is 0 Å². The molecular formula is C14H21N5O5S2. The molecule has 144 valence electrons. The van der Waals surface area contributed by atoms with E-state index in [1.807, 2.05) is 0 Å². The maximum atomic E-state index is 12.7. The summed E-state index contributed by atoms with van der Waals surface area (Å²) in [6, 6.07) is 6.33. The Hall–Kier alpha value is -1.73. The number of amides is 1. The van der Waals surface area contributed by atoms with Gasteiger partial charge in [0.15, 0.2) is 6.17 Å². The van der Waals surface area contributed by atoms with Crippen LogP contribution in [0.5, 0.6) is 0 Å². The van der Waals surface area contributed by atoms with Crippen LogP contribution in [0, 0.1) is 0 Å². The summed E-state index contributed by atoms with van der Waals surface area (Å²) in [5.41, 5.74) is 0.360. The van der Waals surface area contributed by atoms with Crippen LogP contribution in [0.4, 0.5) is 5.69 Å². The number of hydrogen-bond donors (Lipinski definition) is 2. The van der Waals surface area contributed by atoms with Crippen LogP contribution in [0.25, 0.3) is 0 Å². The monoisotopic (exact) mass is 403 g/mol. The first-order valence-electron chi connectivity index (χ1n) is 7.97. The third-order valence-electron chi connectivity index (χ3n) is 4.33. The molecule has 0 aromatic heterocycles. The van der Waals surface area contributed by atoms with Crippen LogP contribution >= 0.6 is 0 Å². The number of carbonyl (C=O) groups is 1. The number of nitrogens with zero attached hydrogens (tertiary/aromatic N) is 3. The van der Waals surface area contributed by atoms with Gasteiger partial charge in [0.05, 0.1) is 5.69 Å². The second kappa shape index (κ2) is 6.78. The Labute approximate surface area is 153 Å². The Balaban J connectivity index is 1.71. The molecule has 1 fully saturated rings. The lowest BCUT2D eigenvalue weighted by Crippen LogP contribution is -2.59. The van der Waals surface area contributed by atoms with Crippen molar-refractivity contribution in [2.24, 2.45) is 0 Å². The standard InChI is InChI=1S/C14H21N5O5S2/c1-17(2)26(23,24)19-9-7-18(8-10-19)14(20)13-15-11-5-3-4-6-12(11)25(21,22)16-13/h3-6,13,15-16H,7-10H2,1-2H3. The van der Waals surface area contributed by atoms with Crippen LogP contribution in [0.15, 0.2) is 29.2 Å². The van der Waals surface area contributed by atoms with Gasteiger partial charge in [-0.25, -0.2) is 8.42 Å². The molecule has 0 radical (unpaired) electrons. The molecule has 2 aliphatic heterocycles. The Kier molecular flexibility index (Phi) is 4.96. The van der Waals surface area contributed by atoms with Gasteiger partial charge in [-0.05, 0) is 12.1 Å². The van der Waals surface area contributed by atoms with E-state index in [-0.39, 0.29) is 31.1 Å². The van der Waals surface area contributed by atoms with Gasteiger partial charge < -0.3 is 10.2 Å². The van der Waals surface area contributed by atoms with Crippen LogP contribution in [0.3, 0.4) is 0 Å². The number of benzene rings is 1. The molecule has 1 saturated heterocycles. The Bertz CT molecular complexity index is 907. The summed E-state index contributed by atoms with van der Waals surface area (Å²) in [6.07, 6.45) is -1.12. The van der Waals surface area contributed by atoms with E-state index in [4.69, 9.17) is 0 Å². The molecule has 1 amide bonds. The molecule has 1 atom stereocenters. The zero-order chi connectivity index (χ0) is 19.1. The molecule has 12 heteroatoms. The first-order valence-corrected chi connectivity index (χ1v) is 10.9. The van der Waals surface area contributed by atoms with Crippen molar-refractivity contribution in [3.05, 3.63) is 24.3 Å². The van der Waals surface area contributed by atoms with Gasteiger partial charge in [0.1, 0.15) is 4.90 Å². The van der Waals surface area contributed by atoms with Crippen LogP contribution in [0.2, 0.25) is 0 Å². The Morgan fingerprint density at radius 1 is 1.15 bits per heavy atom. The minimum atomic E-state index is -3.79. The smallest absolute Gasteiger partial charge is 0.281 e. The zero-order valence-corrected chi connectivity index (χ0v) is 16.0. The van der Waals surface area contributed by atoms with Crippen molar-refractivity contribution in [3.8, 4) is 0 Å². The molecule has 10 nitrogen and oxygen atoms in total. The molecule has 2 aliphatic rings. The van der Waals surface area contributed by atoms with Crippen LogP contribution < -0.4 is 10.0 Å². The lowest BCUT2D eigenvalue weighted by atomic mass is 10.2. The maximum Gasteiger partial charge on any atom is 0.281 e. The lowest BCUT2D eigenvalue weighted by molar-refractivity contribution is -0.133. The fourth-order valence-electron chi connectivity index (χ4n) is 2.89. The second-order valence-electron chi connectivity index (χ2n) is 6.21. The molecule has 1 aromatic carbocycles. The summed E-state index contributed by atoms with van der Waals surface area (Å²) >= 11 is 0. The van der Waals surface area contributed by atoms with E-state index in [9.17, 15) is 21.6 Å². The van der Waals surface area contributed by atoms with Crippen LogP contribution in [-0.4, -0.2) is 82.7 Å². The highest BCUT2D eigenvalue weighted by Gasteiger charge is 2.37. The Morgan fingerprint density at radius 2 is 1.77 bits per heavy atom. The molecule has 2 heterocycles. The lowest BCUT2D eigenvalue weighted by Gasteiger charge is -2.37. The number of sulfonamides is 1. The molecule has 0 spiro atoms. The molecule has 1 unspecified atom stereocenters. The summed E-state index contributed by atoms with van der Waals surface area (Å²) in [4.78, 5) is 14.2. The van der Waals surface area contributed by atoms with Gasteiger partial charge in [0.25, 0.3) is 16.1 Å². The predicted octanol–water partition coefficient (Wildman–Crippen LogP) is -1.33. The van der Waals surface area contributed by atoms with Gasteiger partial charge in [-0.2, -0.15) is 21.8 Å². The minimum absolute atomic E-state index is 0.0888. The highest BCUT2D eigenvalue weighted by Crippen LogP contribution is 2.26. The molecular weight excluding hydrogens is 382 g/mol. The number of fused-ring (bicyclic) bond motifs is 1. The predicted molar refractivity (Wildman–Crippen MR) is 94.9 cm³/mol. The number of nitrogens with one attached hydrogen (secondary N) is 2. The first kappa shape index (κ1) is 19.0. The van der Waals surface area contributed by atoms with E-state index < -0.39 is 32.3 Å². The highest BCUT2D eigenvalue weighted by molar-refractivity contribution is 7.89. The van der Waals surface area contributed by atoms with E-state index in [0.717, 1.165) is 4.31 Å². The first-order chi connectivity index (χ1) is 12.1. The third-order valence-corrected chi connectivity index (χ3v) is 7.76. The molecule has 0 bridgehead atoms. The quantitative estimate of drug-likeness (QED) is 0.645. The molecule has 1 aromatic rings. The van der Waals surface area contributed by atoms with E-state index in [1.165, 1.54) is 29.4 Å². The number of hydrogen-bond acceptors (Lipinski definition) is 6. The van der Waals surface area contributed by atoms with Crippen molar-refractivity contribution in [3.63, 3.8) is 0 Å². The van der Waals surface area contributed by atoms with E-state index in [1.54, 1.807) is 18.2 Å². The zero-order valence-electron chi connectivity index (χ0n) is 14.4. The van der Waals surface area contributed by atoms with Crippen LogP contribution in [-0.2, 0) is 25.0 Å². The molecule has 0 saturated carbocycles. The molecule has 3 rings (SSSR count). The van der Waals surface area contributed by atoms with Gasteiger partial charge in [0, 0.05) is 40.3 Å². The van der Waals surface area contributed by atoms with Gasteiger partial charge >= 0.3 is 0 Å². The van der Waals surface area contributed by atoms with E-state index in [0.29, 0.717) is 5.69 Å². The number of carbonyl (C=O) groups excluding carboxylic acids is 1. The third kappa shape index (κ3) is 3.42. The van der Waals surface area contributed by atoms with Gasteiger partial charge in [-0.1, -0.05) is 12.1 Å². The second-order valence-corrected chi connectivity index (χ2v) is 10.0. The summed E-state index contributed by atoms with van der Waals surface area (Å²) in [7, 11) is -4.43. The van der Waals surface area contributed by atoms with Crippen molar-refractivity contribution < 1.29 is 21.6 Å². The average molecular weight is 403 g/mol. The van der Waals surface area contributed by atoms with Gasteiger partial charge in [-0.3, -0.25) is 4.79 Å². The van der Waals surface area contributed by atoms with Gasteiger partial charge in [-0.15, -0.1) is 0 Å².